The van der Waals surface area contributed by atoms with Crippen molar-refractivity contribution in [3.63, 3.8) is 0 Å². The number of aliphatic hydroxyl groups is 1. The predicted octanol–water partition coefficient (Wildman–Crippen LogP) is 0.129. The van der Waals surface area contributed by atoms with Gasteiger partial charge in [-0.2, -0.15) is 0 Å². The maximum atomic E-state index is 12.4. The molecule has 3 amide bonds. The van der Waals surface area contributed by atoms with Gasteiger partial charge in [0.25, 0.3) is 5.91 Å². The quantitative estimate of drug-likeness (QED) is 0.281. The summed E-state index contributed by atoms with van der Waals surface area (Å²) in [5, 5.41) is 32.2. The van der Waals surface area contributed by atoms with E-state index in [-0.39, 0.29) is 42.0 Å². The molecule has 1 saturated heterocycles. The van der Waals surface area contributed by atoms with Crippen LogP contribution in [0.1, 0.15) is 19.3 Å². The molecule has 0 saturated carbocycles. The number of aliphatic hydroxyl groups excluding tert-OH is 1. The van der Waals surface area contributed by atoms with Gasteiger partial charge in [0, 0.05) is 12.2 Å². The number of carbonyl (C=O) groups excluding carboxylic acids is 3. The lowest BCUT2D eigenvalue weighted by molar-refractivity contribution is -0.150. The smallest absolute Gasteiger partial charge is 0.413 e. The number of fused-ring (bicyclic) bond motifs is 1. The van der Waals surface area contributed by atoms with Crippen molar-refractivity contribution in [2.24, 2.45) is 0 Å². The Morgan fingerprint density at radius 2 is 1.88 bits per heavy atom. The molecule has 0 bridgehead atoms. The zero-order valence-electron chi connectivity index (χ0n) is 17.8. The summed E-state index contributed by atoms with van der Waals surface area (Å²) in [6.45, 7) is -0.486. The van der Waals surface area contributed by atoms with Crippen LogP contribution in [0.5, 0.6) is 5.75 Å². The van der Waals surface area contributed by atoms with Gasteiger partial charge in [-0.1, -0.05) is 18.2 Å². The van der Waals surface area contributed by atoms with Gasteiger partial charge in [0.15, 0.2) is 0 Å². The topological polar surface area (TPSA) is 183 Å². The molecule has 0 aliphatic carbocycles. The molecule has 0 spiro atoms. The van der Waals surface area contributed by atoms with E-state index >= 15 is 0 Å². The Morgan fingerprint density at radius 3 is 2.50 bits per heavy atom. The molecule has 2 aliphatic rings. The van der Waals surface area contributed by atoms with Crippen LogP contribution in [0.4, 0.5) is 4.79 Å². The molecule has 1 aromatic rings. The van der Waals surface area contributed by atoms with Crippen LogP contribution in [0.25, 0.3) is 0 Å². The van der Waals surface area contributed by atoms with E-state index in [1.807, 2.05) is 0 Å². The van der Waals surface area contributed by atoms with Crippen molar-refractivity contribution >= 4 is 41.6 Å². The first-order valence-electron chi connectivity index (χ1n) is 10.3. The number of carboxylic acids is 2. The van der Waals surface area contributed by atoms with Gasteiger partial charge in [-0.05, 0) is 30.5 Å². The van der Waals surface area contributed by atoms with Gasteiger partial charge < -0.3 is 30.7 Å². The molecular formula is C21H23N3O9S. The van der Waals surface area contributed by atoms with Crippen molar-refractivity contribution in [2.75, 3.05) is 12.4 Å². The summed E-state index contributed by atoms with van der Waals surface area (Å²) < 4.78 is 5.00. The lowest BCUT2D eigenvalue weighted by atomic mass is 10.0. The third-order valence-corrected chi connectivity index (χ3v) is 6.54. The fourth-order valence-corrected chi connectivity index (χ4v) is 4.88. The summed E-state index contributed by atoms with van der Waals surface area (Å²) in [7, 11) is 0. The normalized spacial score (nSPS) is 20.0. The monoisotopic (exact) mass is 493 g/mol. The SMILES string of the molecule is O=C(CCC[C@@H](NC(=O)Oc1ccccc1)C(=O)O)N[C@@H]1C(=O)N2C(C(=O)O)=C(CO)CS[C@H]12. The Bertz CT molecular complexity index is 1010. The number of amides is 3. The van der Waals surface area contributed by atoms with Gasteiger partial charge >= 0.3 is 18.0 Å². The average molecular weight is 493 g/mol. The van der Waals surface area contributed by atoms with Gasteiger partial charge in [-0.15, -0.1) is 11.8 Å². The lowest BCUT2D eigenvalue weighted by Gasteiger charge is -2.49. The molecule has 5 N–H and O–H groups in total. The first-order chi connectivity index (χ1) is 16.2. The molecule has 2 heterocycles. The van der Waals surface area contributed by atoms with Gasteiger partial charge in [-0.3, -0.25) is 14.5 Å². The van der Waals surface area contributed by atoms with E-state index in [1.54, 1.807) is 18.2 Å². The van der Waals surface area contributed by atoms with Crippen LogP contribution < -0.4 is 15.4 Å². The number of rotatable bonds is 10. The molecule has 1 aromatic carbocycles. The number of carboxylic acid groups (broad SMARTS) is 2. The molecule has 2 aliphatic heterocycles. The number of nitrogens with zero attached hydrogens (tertiary/aromatic N) is 1. The molecule has 3 atom stereocenters. The molecule has 3 rings (SSSR count). The number of thioether (sulfide) groups is 1. The van der Waals surface area contributed by atoms with Crippen LogP contribution in [-0.4, -0.2) is 79.9 Å². The van der Waals surface area contributed by atoms with Crippen LogP contribution in [0, 0.1) is 0 Å². The van der Waals surface area contributed by atoms with Crippen molar-refractivity contribution in [3.8, 4) is 5.75 Å². The Morgan fingerprint density at radius 1 is 1.18 bits per heavy atom. The maximum Gasteiger partial charge on any atom is 0.413 e. The molecule has 182 valence electrons. The van der Waals surface area contributed by atoms with Crippen LogP contribution in [0.3, 0.4) is 0 Å². The van der Waals surface area contributed by atoms with Crippen molar-refractivity contribution < 1.29 is 44.0 Å². The van der Waals surface area contributed by atoms with Crippen LogP contribution in [-0.2, 0) is 19.2 Å². The number of hydrogen-bond acceptors (Lipinski definition) is 8. The fourth-order valence-electron chi connectivity index (χ4n) is 3.54. The summed E-state index contributed by atoms with van der Waals surface area (Å²) in [5.74, 6) is -3.27. The van der Waals surface area contributed by atoms with E-state index in [4.69, 9.17) is 4.74 Å². The third kappa shape index (κ3) is 5.66. The van der Waals surface area contributed by atoms with Crippen molar-refractivity contribution in [3.05, 3.63) is 41.6 Å². The largest absolute Gasteiger partial charge is 0.480 e. The summed E-state index contributed by atoms with van der Waals surface area (Å²) in [6.07, 6.45) is -1.00. The molecule has 0 radical (unpaired) electrons. The fraction of sp³-hybridized carbons (Fsp3) is 0.381. The minimum Gasteiger partial charge on any atom is -0.480 e. The van der Waals surface area contributed by atoms with Gasteiger partial charge in [-0.25, -0.2) is 14.4 Å². The number of carbonyl (C=O) groups is 5. The number of nitrogens with one attached hydrogen (secondary N) is 2. The van der Waals surface area contributed by atoms with Crippen molar-refractivity contribution in [2.45, 2.75) is 36.7 Å². The van der Waals surface area contributed by atoms with E-state index in [0.717, 1.165) is 4.90 Å². The van der Waals surface area contributed by atoms with E-state index in [0.29, 0.717) is 0 Å². The van der Waals surface area contributed by atoms with E-state index in [9.17, 15) is 39.3 Å². The van der Waals surface area contributed by atoms with E-state index in [1.165, 1.54) is 23.9 Å². The molecule has 13 heteroatoms. The molecule has 34 heavy (non-hydrogen) atoms. The zero-order chi connectivity index (χ0) is 24.8. The molecule has 1 fully saturated rings. The highest BCUT2D eigenvalue weighted by molar-refractivity contribution is 8.00. The lowest BCUT2D eigenvalue weighted by Crippen LogP contribution is -2.70. The Hall–Kier alpha value is -3.58. The molecule has 0 unspecified atom stereocenters. The Kier molecular flexibility index (Phi) is 8.12. The molecule has 0 aromatic heterocycles. The predicted molar refractivity (Wildman–Crippen MR) is 118 cm³/mol. The summed E-state index contributed by atoms with van der Waals surface area (Å²) in [5.41, 5.74) is -0.0376. The average Bonchev–Trinajstić information content (AvgIpc) is 2.81. The third-order valence-electron chi connectivity index (χ3n) is 5.20. The number of aliphatic carboxylic acids is 2. The number of benzene rings is 1. The number of ether oxygens (including phenoxy) is 1. The highest BCUT2D eigenvalue weighted by Gasteiger charge is 2.54. The van der Waals surface area contributed by atoms with Crippen LogP contribution >= 0.6 is 11.8 Å². The Balaban J connectivity index is 1.47. The molecular weight excluding hydrogens is 470 g/mol. The van der Waals surface area contributed by atoms with Gasteiger partial charge in [0.2, 0.25) is 5.91 Å². The number of para-hydroxylation sites is 1. The van der Waals surface area contributed by atoms with Gasteiger partial charge in [0.05, 0.1) is 6.61 Å². The van der Waals surface area contributed by atoms with Crippen molar-refractivity contribution in [1.82, 2.24) is 15.5 Å². The number of β-lactam (4-membered cyclic amide) rings is 1. The van der Waals surface area contributed by atoms with Crippen LogP contribution in [0.15, 0.2) is 41.6 Å². The second-order valence-electron chi connectivity index (χ2n) is 7.50. The van der Waals surface area contributed by atoms with Gasteiger partial charge in [0.1, 0.15) is 28.9 Å². The second kappa shape index (κ2) is 11.0. The van der Waals surface area contributed by atoms with E-state index < -0.39 is 53.9 Å². The zero-order valence-corrected chi connectivity index (χ0v) is 18.6. The van der Waals surface area contributed by atoms with Crippen molar-refractivity contribution in [1.29, 1.82) is 0 Å². The summed E-state index contributed by atoms with van der Waals surface area (Å²) in [4.78, 5) is 60.6. The maximum absolute atomic E-state index is 12.4. The summed E-state index contributed by atoms with van der Waals surface area (Å²) >= 11 is 1.23. The number of hydrogen-bond donors (Lipinski definition) is 5. The summed E-state index contributed by atoms with van der Waals surface area (Å²) in [6, 6.07) is 5.90. The first kappa shape index (κ1) is 25.1. The second-order valence-corrected chi connectivity index (χ2v) is 8.61. The standard InChI is InChI=1S/C21H23N3O9S/c25-9-11-10-34-18-15(17(27)24(18)16(11)20(30)31)23-14(26)8-4-7-13(19(28)29)22-21(32)33-12-5-2-1-3-6-12/h1-3,5-6,13,15,18,25H,4,7-10H2,(H,22,32)(H,23,26)(H,28,29)(H,30,31)/t13-,15-,18-/m1/s1. The highest BCUT2D eigenvalue weighted by Crippen LogP contribution is 2.40. The minimum atomic E-state index is -1.33. The minimum absolute atomic E-state index is 0.0542. The molecule has 12 nitrogen and oxygen atoms in total. The highest BCUT2D eigenvalue weighted by atomic mass is 32.2. The Labute approximate surface area is 197 Å². The first-order valence-corrected chi connectivity index (χ1v) is 11.3. The van der Waals surface area contributed by atoms with E-state index in [2.05, 4.69) is 10.6 Å². The van der Waals surface area contributed by atoms with Crippen LogP contribution in [0.2, 0.25) is 0 Å².